The first-order valence-electron chi connectivity index (χ1n) is 4.70. The van der Waals surface area contributed by atoms with Crippen molar-refractivity contribution in [2.75, 3.05) is 6.54 Å². The summed E-state index contributed by atoms with van der Waals surface area (Å²) in [6, 6.07) is 0. The summed E-state index contributed by atoms with van der Waals surface area (Å²) in [6.07, 6.45) is 3.44. The Morgan fingerprint density at radius 2 is 2.08 bits per heavy atom. The summed E-state index contributed by atoms with van der Waals surface area (Å²) in [7, 11) is 0. The lowest BCUT2D eigenvalue weighted by atomic mass is 9.77. The third kappa shape index (κ3) is 1.67. The highest BCUT2D eigenvalue weighted by molar-refractivity contribution is 5.70. The van der Waals surface area contributed by atoms with Gasteiger partial charge in [0, 0.05) is 12.1 Å². The quantitative estimate of drug-likeness (QED) is 0.448. The van der Waals surface area contributed by atoms with E-state index in [1.54, 1.807) is 0 Å². The van der Waals surface area contributed by atoms with Crippen LogP contribution in [0.4, 0.5) is 0 Å². The van der Waals surface area contributed by atoms with E-state index in [1.165, 1.54) is 0 Å². The van der Waals surface area contributed by atoms with Gasteiger partial charge in [-0.3, -0.25) is 4.79 Å². The highest BCUT2D eigenvalue weighted by Crippen LogP contribution is 2.32. The Bertz CT molecular complexity index is 203. The van der Waals surface area contributed by atoms with Crippen LogP contribution < -0.4 is 16.4 Å². The molecular weight excluding hydrogens is 170 g/mol. The van der Waals surface area contributed by atoms with Gasteiger partial charge < -0.3 is 5.11 Å². The first-order valence-corrected chi connectivity index (χ1v) is 4.70. The molecule has 0 atom stereocenters. The lowest BCUT2D eigenvalue weighted by Gasteiger charge is -2.34. The summed E-state index contributed by atoms with van der Waals surface area (Å²) in [5.74, 6) is -0.776. The number of aliphatic carboxylic acids is 1. The van der Waals surface area contributed by atoms with Gasteiger partial charge in [0.15, 0.2) is 0 Å². The van der Waals surface area contributed by atoms with Crippen molar-refractivity contribution in [2.45, 2.75) is 31.2 Å². The van der Waals surface area contributed by atoms with Gasteiger partial charge in [0.2, 0.25) is 0 Å². The van der Waals surface area contributed by atoms with Gasteiger partial charge in [-0.25, -0.2) is 10.9 Å². The van der Waals surface area contributed by atoms with E-state index in [4.69, 9.17) is 5.11 Å². The molecule has 0 aromatic heterocycles. The maximum Gasteiger partial charge on any atom is 0.306 e. The summed E-state index contributed by atoms with van der Waals surface area (Å²) in [5.41, 5.74) is 9.18. The average Bonchev–Trinajstić information content (AvgIpc) is 2.54. The van der Waals surface area contributed by atoms with Gasteiger partial charge in [0.25, 0.3) is 0 Å². The lowest BCUT2D eigenvalue weighted by molar-refractivity contribution is -0.143. The molecule has 74 valence electrons. The molecule has 0 unspecified atom stereocenters. The van der Waals surface area contributed by atoms with Crippen LogP contribution in [0.3, 0.4) is 0 Å². The van der Waals surface area contributed by atoms with Gasteiger partial charge in [-0.1, -0.05) is 0 Å². The van der Waals surface area contributed by atoms with E-state index in [0.29, 0.717) is 0 Å². The van der Waals surface area contributed by atoms with Crippen molar-refractivity contribution in [2.24, 2.45) is 5.92 Å². The summed E-state index contributed by atoms with van der Waals surface area (Å²) < 4.78 is 0. The molecule has 5 nitrogen and oxygen atoms in total. The number of hydrazine groups is 2. The molecule has 2 aliphatic rings. The Morgan fingerprint density at radius 1 is 1.38 bits per heavy atom. The third-order valence-electron chi connectivity index (χ3n) is 3.13. The van der Waals surface area contributed by atoms with Crippen LogP contribution in [0.5, 0.6) is 0 Å². The Morgan fingerprint density at radius 3 is 2.54 bits per heavy atom. The maximum atomic E-state index is 10.7. The van der Waals surface area contributed by atoms with Gasteiger partial charge in [0.05, 0.1) is 5.92 Å². The summed E-state index contributed by atoms with van der Waals surface area (Å²) in [4.78, 5) is 10.7. The van der Waals surface area contributed by atoms with Crippen molar-refractivity contribution in [1.29, 1.82) is 0 Å². The molecule has 1 aliphatic heterocycles. The van der Waals surface area contributed by atoms with Gasteiger partial charge in [-0.2, -0.15) is 5.53 Å². The molecule has 2 rings (SSSR count). The minimum absolute atomic E-state index is 0.103. The molecular formula is C8H15N3O2. The van der Waals surface area contributed by atoms with E-state index in [2.05, 4.69) is 16.4 Å². The van der Waals surface area contributed by atoms with Gasteiger partial charge in [0.1, 0.15) is 0 Å². The minimum Gasteiger partial charge on any atom is -0.481 e. The Labute approximate surface area is 76.8 Å². The highest BCUT2D eigenvalue weighted by Gasteiger charge is 2.39. The third-order valence-corrected chi connectivity index (χ3v) is 3.13. The van der Waals surface area contributed by atoms with E-state index >= 15 is 0 Å². The molecule has 4 N–H and O–H groups in total. The Balaban J connectivity index is 1.91. The first-order chi connectivity index (χ1) is 6.22. The summed E-state index contributed by atoms with van der Waals surface area (Å²) in [5, 5.41) is 8.82. The van der Waals surface area contributed by atoms with E-state index < -0.39 is 5.97 Å². The maximum absolute atomic E-state index is 10.7. The van der Waals surface area contributed by atoms with Crippen molar-refractivity contribution in [3.05, 3.63) is 0 Å². The molecule has 0 aromatic rings. The second-order valence-corrected chi connectivity index (χ2v) is 4.00. The molecule has 1 saturated carbocycles. The Kier molecular flexibility index (Phi) is 2.23. The van der Waals surface area contributed by atoms with Crippen molar-refractivity contribution in [3.8, 4) is 0 Å². The monoisotopic (exact) mass is 185 g/mol. The fourth-order valence-electron chi connectivity index (χ4n) is 2.15. The van der Waals surface area contributed by atoms with Crippen molar-refractivity contribution in [1.82, 2.24) is 16.4 Å². The largest absolute Gasteiger partial charge is 0.481 e. The van der Waals surface area contributed by atoms with Crippen LogP contribution in [-0.4, -0.2) is 23.2 Å². The van der Waals surface area contributed by atoms with Gasteiger partial charge in [-0.15, -0.1) is 0 Å². The number of hydrogen-bond acceptors (Lipinski definition) is 4. The predicted molar refractivity (Wildman–Crippen MR) is 46.6 cm³/mol. The highest BCUT2D eigenvalue weighted by atomic mass is 16.4. The van der Waals surface area contributed by atoms with Crippen LogP contribution in [0.15, 0.2) is 0 Å². The molecule has 5 heteroatoms. The standard InChI is InChI=1S/C8H15N3O2/c12-7(13)6-1-3-8(4-2-6)5-9-11-10-8/h6,9-11H,1-5H2,(H,12,13). The lowest BCUT2D eigenvalue weighted by Crippen LogP contribution is -2.48. The number of nitrogens with one attached hydrogen (secondary N) is 3. The van der Waals surface area contributed by atoms with Crippen LogP contribution in [-0.2, 0) is 4.79 Å². The molecule has 0 radical (unpaired) electrons. The first kappa shape index (κ1) is 8.93. The van der Waals surface area contributed by atoms with E-state index in [-0.39, 0.29) is 11.5 Å². The smallest absolute Gasteiger partial charge is 0.306 e. The molecule has 1 saturated heterocycles. The van der Waals surface area contributed by atoms with Crippen LogP contribution in [0.2, 0.25) is 0 Å². The van der Waals surface area contributed by atoms with E-state index in [0.717, 1.165) is 32.2 Å². The van der Waals surface area contributed by atoms with E-state index in [1.807, 2.05) is 0 Å². The molecule has 0 bridgehead atoms. The molecule has 1 aliphatic carbocycles. The number of carboxylic acids is 1. The zero-order valence-electron chi connectivity index (χ0n) is 7.47. The predicted octanol–water partition coefficient (Wildman–Crippen LogP) is -0.388. The molecule has 0 aromatic carbocycles. The average molecular weight is 185 g/mol. The zero-order valence-corrected chi connectivity index (χ0v) is 7.47. The summed E-state index contributed by atoms with van der Waals surface area (Å²) in [6.45, 7) is 0.888. The van der Waals surface area contributed by atoms with Crippen LogP contribution >= 0.6 is 0 Å². The van der Waals surface area contributed by atoms with Crippen LogP contribution in [0.25, 0.3) is 0 Å². The number of rotatable bonds is 1. The molecule has 0 amide bonds. The summed E-state index contributed by atoms with van der Waals surface area (Å²) >= 11 is 0. The van der Waals surface area contributed by atoms with Gasteiger partial charge in [-0.05, 0) is 25.7 Å². The molecule has 1 heterocycles. The van der Waals surface area contributed by atoms with Crippen LogP contribution in [0, 0.1) is 5.92 Å². The number of carboxylic acid groups (broad SMARTS) is 1. The molecule has 2 fully saturated rings. The normalized spacial score (nSPS) is 39.5. The Hall–Kier alpha value is -0.650. The topological polar surface area (TPSA) is 73.4 Å². The fourth-order valence-corrected chi connectivity index (χ4v) is 2.15. The van der Waals surface area contributed by atoms with E-state index in [9.17, 15) is 4.79 Å². The van der Waals surface area contributed by atoms with Crippen molar-refractivity contribution in [3.63, 3.8) is 0 Å². The minimum atomic E-state index is -0.645. The fraction of sp³-hybridized carbons (Fsp3) is 0.875. The van der Waals surface area contributed by atoms with Gasteiger partial charge >= 0.3 is 5.97 Å². The van der Waals surface area contributed by atoms with Crippen molar-refractivity contribution < 1.29 is 9.90 Å². The molecule has 1 spiro atoms. The second-order valence-electron chi connectivity index (χ2n) is 4.00. The van der Waals surface area contributed by atoms with Crippen LogP contribution in [0.1, 0.15) is 25.7 Å². The SMILES string of the molecule is O=C(O)C1CCC2(CC1)CNNN2. The number of carbonyl (C=O) groups is 1. The van der Waals surface area contributed by atoms with Crippen molar-refractivity contribution >= 4 is 5.97 Å². The molecule has 13 heavy (non-hydrogen) atoms. The number of hydrogen-bond donors (Lipinski definition) is 4. The second kappa shape index (κ2) is 3.25. The zero-order chi connectivity index (χ0) is 9.31.